The van der Waals surface area contributed by atoms with Crippen LogP contribution >= 0.6 is 0 Å². The molecule has 0 unspecified atom stereocenters. The molecule has 0 amide bonds. The van der Waals surface area contributed by atoms with E-state index < -0.39 is 58.3 Å². The van der Waals surface area contributed by atoms with E-state index in [0.717, 1.165) is 0 Å². The van der Waals surface area contributed by atoms with Gasteiger partial charge in [0.25, 0.3) is 0 Å². The molecule has 1 aliphatic heterocycles. The molecule has 1 fully saturated rings. The molecule has 1 saturated heterocycles. The van der Waals surface area contributed by atoms with E-state index in [2.05, 4.69) is 6.15 Å². The first-order valence-electron chi connectivity index (χ1n) is 3.83. The van der Waals surface area contributed by atoms with Crippen molar-refractivity contribution in [2.45, 2.75) is 24.4 Å². The third kappa shape index (κ3) is 2.78. The molecule has 0 bridgehead atoms. The molecule has 1 aliphatic rings. The summed E-state index contributed by atoms with van der Waals surface area (Å²) in [6.45, 7) is 0. The summed E-state index contributed by atoms with van der Waals surface area (Å²) in [4.78, 5) is 21.8. The van der Waals surface area contributed by atoms with Crippen molar-refractivity contribution in [3.05, 3.63) is 0 Å². The third-order valence-corrected chi connectivity index (χ3v) is 3.39. The van der Waals surface area contributed by atoms with Gasteiger partial charge in [0.2, 0.25) is 0 Å². The van der Waals surface area contributed by atoms with Crippen LogP contribution in [0.2, 0.25) is 0 Å². The maximum atomic E-state index is 10.9. The molecule has 15 heavy (non-hydrogen) atoms. The summed E-state index contributed by atoms with van der Waals surface area (Å²) < 4.78 is 8.74. The molecule has 8 nitrogen and oxygen atoms in total. The molecular weight excluding hydrogens is 319 g/mol. The number of carbonyl (C=O) groups excluding carboxylic acids is 2. The molecule has 0 aromatic rings. The van der Waals surface area contributed by atoms with E-state index in [4.69, 9.17) is 10.2 Å². The van der Waals surface area contributed by atoms with Gasteiger partial charge in [0.05, 0.1) is 0 Å². The Balaban J connectivity index is 2.86. The summed E-state index contributed by atoms with van der Waals surface area (Å²) in [5.74, 6) is -2.37. The molecule has 84 valence electrons. The topological polar surface area (TPSA) is 134 Å². The molecule has 1 heterocycles. The van der Waals surface area contributed by atoms with Crippen LogP contribution in [0.25, 0.3) is 0 Å². The Labute approximate surface area is 94.7 Å². The van der Waals surface area contributed by atoms with Crippen molar-refractivity contribution in [1.29, 1.82) is 0 Å². The standard InChI is InChI=1S/C6H10O8.Sn/c7-1(3(9)5(11)12)2(8)4(10)6(13)14;/h1-4,7-10H,(H,11,12)(H,13,14);/q;+2/p-2/t1-,2+,3-,4+;. The van der Waals surface area contributed by atoms with Crippen LogP contribution in [-0.2, 0) is 15.7 Å². The van der Waals surface area contributed by atoms with Gasteiger partial charge in [-0.3, -0.25) is 0 Å². The Morgan fingerprint density at radius 2 is 1.20 bits per heavy atom. The van der Waals surface area contributed by atoms with E-state index >= 15 is 0 Å². The van der Waals surface area contributed by atoms with E-state index in [-0.39, 0.29) is 0 Å². The average Bonchev–Trinajstić information content (AvgIpc) is 2.25. The van der Waals surface area contributed by atoms with Gasteiger partial charge in [-0.1, -0.05) is 0 Å². The van der Waals surface area contributed by atoms with E-state index in [1.54, 1.807) is 0 Å². The average molecular weight is 327 g/mol. The van der Waals surface area contributed by atoms with Crippen molar-refractivity contribution < 1.29 is 36.2 Å². The van der Waals surface area contributed by atoms with Crippen LogP contribution in [-0.4, -0.2) is 78.8 Å². The molecular formula is C6H8O8Sn. The molecule has 9 heteroatoms. The Morgan fingerprint density at radius 1 is 0.867 bits per heavy atom. The van der Waals surface area contributed by atoms with E-state index in [1.807, 2.05) is 0 Å². The molecule has 0 aromatic heterocycles. The molecule has 4 atom stereocenters. The predicted molar refractivity (Wildman–Crippen MR) is 42.0 cm³/mol. The first kappa shape index (κ1) is 12.6. The summed E-state index contributed by atoms with van der Waals surface area (Å²) in [7, 11) is 0. The third-order valence-electron chi connectivity index (χ3n) is 1.76. The zero-order chi connectivity index (χ0) is 11.6. The van der Waals surface area contributed by atoms with E-state index in [9.17, 15) is 19.8 Å². The van der Waals surface area contributed by atoms with Crippen molar-refractivity contribution in [2.24, 2.45) is 0 Å². The first-order valence-corrected chi connectivity index (χ1v) is 6.17. The summed E-state index contributed by atoms with van der Waals surface area (Å²) in [5.41, 5.74) is 0. The van der Waals surface area contributed by atoms with Gasteiger partial charge in [-0.2, -0.15) is 0 Å². The van der Waals surface area contributed by atoms with E-state index in [0.29, 0.717) is 0 Å². The van der Waals surface area contributed by atoms with Gasteiger partial charge in [0.15, 0.2) is 0 Å². The van der Waals surface area contributed by atoms with Crippen LogP contribution in [0.15, 0.2) is 0 Å². The molecule has 2 radical (unpaired) electrons. The SMILES string of the molecule is O=C1[O][Sn][O]C(=O)[C@H](O)[C@H](O)[C@H](O)[C@@H]1O. The van der Waals surface area contributed by atoms with Crippen LogP contribution in [0.5, 0.6) is 0 Å². The van der Waals surface area contributed by atoms with Crippen LogP contribution in [0, 0.1) is 0 Å². The number of aliphatic hydroxyl groups is 4. The van der Waals surface area contributed by atoms with Gasteiger partial charge in [-0.15, -0.1) is 0 Å². The van der Waals surface area contributed by atoms with Crippen LogP contribution in [0.4, 0.5) is 0 Å². The van der Waals surface area contributed by atoms with Gasteiger partial charge in [0, 0.05) is 0 Å². The molecule has 0 aromatic carbocycles. The Kier molecular flexibility index (Phi) is 4.28. The van der Waals surface area contributed by atoms with Crippen LogP contribution in [0.3, 0.4) is 0 Å². The van der Waals surface area contributed by atoms with Gasteiger partial charge < -0.3 is 0 Å². The fraction of sp³-hybridized carbons (Fsp3) is 0.667. The normalized spacial score (nSPS) is 38.4. The van der Waals surface area contributed by atoms with Crippen LogP contribution < -0.4 is 0 Å². The van der Waals surface area contributed by atoms with Gasteiger partial charge in [-0.05, 0) is 0 Å². The molecule has 0 spiro atoms. The zero-order valence-electron chi connectivity index (χ0n) is 7.23. The fourth-order valence-corrected chi connectivity index (χ4v) is 2.15. The van der Waals surface area contributed by atoms with Crippen molar-refractivity contribution in [3.8, 4) is 0 Å². The predicted octanol–water partition coefficient (Wildman–Crippen LogP) is -3.94. The summed E-state index contributed by atoms with van der Waals surface area (Å²) in [6, 6.07) is 0. The molecule has 0 saturated carbocycles. The van der Waals surface area contributed by atoms with Crippen molar-refractivity contribution in [2.75, 3.05) is 0 Å². The zero-order valence-corrected chi connectivity index (χ0v) is 10.1. The summed E-state index contributed by atoms with van der Waals surface area (Å²) in [5, 5.41) is 36.6. The number of carbonyl (C=O) groups is 2. The van der Waals surface area contributed by atoms with Gasteiger partial charge >= 0.3 is 94.5 Å². The molecule has 1 rings (SSSR count). The number of rotatable bonds is 0. The second-order valence-corrected chi connectivity index (χ2v) is 4.44. The van der Waals surface area contributed by atoms with Crippen LogP contribution in [0.1, 0.15) is 0 Å². The van der Waals surface area contributed by atoms with Gasteiger partial charge in [0.1, 0.15) is 0 Å². The minimum absolute atomic E-state index is 1.19. The van der Waals surface area contributed by atoms with Crippen molar-refractivity contribution >= 4 is 33.9 Å². The Morgan fingerprint density at radius 3 is 1.53 bits per heavy atom. The second kappa shape index (κ2) is 5.07. The van der Waals surface area contributed by atoms with Gasteiger partial charge in [-0.25, -0.2) is 0 Å². The Bertz CT molecular complexity index is 242. The second-order valence-electron chi connectivity index (χ2n) is 2.80. The number of hydrogen-bond acceptors (Lipinski definition) is 8. The molecule has 4 N–H and O–H groups in total. The first-order chi connectivity index (χ1) is 6.95. The number of aliphatic hydroxyl groups excluding tert-OH is 4. The summed E-state index contributed by atoms with van der Waals surface area (Å²) in [6.07, 6.45) is -8.02. The maximum absolute atomic E-state index is 10.9. The molecule has 0 aliphatic carbocycles. The van der Waals surface area contributed by atoms with E-state index in [1.165, 1.54) is 0 Å². The summed E-state index contributed by atoms with van der Waals surface area (Å²) >= 11 is -2.29. The number of hydrogen-bond donors (Lipinski definition) is 4. The fourth-order valence-electron chi connectivity index (χ4n) is 0.876. The monoisotopic (exact) mass is 328 g/mol. The quantitative estimate of drug-likeness (QED) is 0.332. The van der Waals surface area contributed by atoms with Crippen molar-refractivity contribution in [3.63, 3.8) is 0 Å². The van der Waals surface area contributed by atoms with Crippen molar-refractivity contribution in [1.82, 2.24) is 0 Å². The minimum atomic E-state index is -2.29. The Hall–Kier alpha value is -0.421.